The quantitative estimate of drug-likeness (QED) is 0.497. The van der Waals surface area contributed by atoms with E-state index in [-0.39, 0.29) is 0 Å². The van der Waals surface area contributed by atoms with Crippen LogP contribution in [0, 0.1) is 0 Å². The van der Waals surface area contributed by atoms with Crippen molar-refractivity contribution >= 4 is 11.9 Å². The van der Waals surface area contributed by atoms with E-state index in [2.05, 4.69) is 6.07 Å². The first-order chi connectivity index (χ1) is 15.7. The first-order valence-electron chi connectivity index (χ1n) is 11.1. The highest BCUT2D eigenvalue weighted by atomic mass is 16.6. The summed E-state index contributed by atoms with van der Waals surface area (Å²) in [6.45, 7) is 6.18. The molecule has 4 rings (SSSR count). The van der Waals surface area contributed by atoms with E-state index in [1.807, 2.05) is 57.2 Å². The first-order valence-corrected chi connectivity index (χ1v) is 11.1. The van der Waals surface area contributed by atoms with Crippen LogP contribution in [0.25, 0.3) is 11.1 Å². The first kappa shape index (κ1) is 22.6. The molecule has 1 heterocycles. The Morgan fingerprint density at radius 2 is 1.64 bits per heavy atom. The molecule has 5 nitrogen and oxygen atoms in total. The number of hydrogen-bond acceptors (Lipinski definition) is 4. The van der Waals surface area contributed by atoms with Gasteiger partial charge in [-0.3, -0.25) is 4.79 Å². The monoisotopic (exact) mass is 444 g/mol. The van der Waals surface area contributed by atoms with Crippen LogP contribution in [0.3, 0.4) is 0 Å². The summed E-state index contributed by atoms with van der Waals surface area (Å²) in [5, 5.41) is 9.86. The topological polar surface area (TPSA) is 72.8 Å². The Morgan fingerprint density at radius 3 is 2.27 bits per heavy atom. The Hall–Kier alpha value is -3.60. The average molecular weight is 445 g/mol. The van der Waals surface area contributed by atoms with Crippen LogP contribution in [-0.4, -0.2) is 29.3 Å². The van der Waals surface area contributed by atoms with Crippen molar-refractivity contribution in [2.24, 2.45) is 0 Å². The fourth-order valence-electron chi connectivity index (χ4n) is 3.97. The van der Waals surface area contributed by atoms with E-state index in [1.165, 1.54) is 5.56 Å². The van der Waals surface area contributed by atoms with Gasteiger partial charge in [0.05, 0.1) is 18.1 Å². The van der Waals surface area contributed by atoms with E-state index in [4.69, 9.17) is 9.47 Å². The molecule has 1 N–H and O–H groups in total. The number of hydrogen-bond donors (Lipinski definition) is 1. The third-order valence-corrected chi connectivity index (χ3v) is 5.66. The second-order valence-corrected chi connectivity index (χ2v) is 9.34. The second kappa shape index (κ2) is 9.10. The van der Waals surface area contributed by atoms with Gasteiger partial charge in [0.2, 0.25) is 0 Å². The molecule has 0 radical (unpaired) electrons. The summed E-state index contributed by atoms with van der Waals surface area (Å²) < 4.78 is 11.0. The third kappa shape index (κ3) is 5.43. The van der Waals surface area contributed by atoms with E-state index >= 15 is 0 Å². The predicted molar refractivity (Wildman–Crippen MR) is 127 cm³/mol. The molecule has 1 aliphatic rings. The van der Waals surface area contributed by atoms with Gasteiger partial charge in [-0.15, -0.1) is 0 Å². The standard InChI is InChI=1S/C28H28O5/c1-28(2,3)33-27(31)21-6-4-18(5-7-21)16-24(26(29)30)20-10-8-19(9-11-20)22-12-13-25-23(17-22)14-15-32-25/h4-13,17,24H,14-16H2,1-3H3,(H,29,30). The summed E-state index contributed by atoms with van der Waals surface area (Å²) in [6, 6.07) is 20.8. The van der Waals surface area contributed by atoms with Crippen LogP contribution in [0.4, 0.5) is 0 Å². The molecular formula is C28H28O5. The van der Waals surface area contributed by atoms with Gasteiger partial charge in [0.15, 0.2) is 0 Å². The number of carboxylic acid groups (broad SMARTS) is 1. The Kier molecular flexibility index (Phi) is 6.23. The highest BCUT2D eigenvalue weighted by molar-refractivity contribution is 5.89. The van der Waals surface area contributed by atoms with Crippen LogP contribution in [0.1, 0.15) is 53.7 Å². The molecule has 1 aliphatic heterocycles. The molecule has 1 atom stereocenters. The van der Waals surface area contributed by atoms with E-state index in [0.717, 1.165) is 41.0 Å². The largest absolute Gasteiger partial charge is 0.493 e. The molecule has 0 amide bonds. The Balaban J connectivity index is 1.48. The van der Waals surface area contributed by atoms with Gasteiger partial charge in [-0.05, 0) is 79.3 Å². The van der Waals surface area contributed by atoms with Crippen molar-refractivity contribution in [3.8, 4) is 16.9 Å². The average Bonchev–Trinajstić information content (AvgIpc) is 3.24. The number of fused-ring (bicyclic) bond motifs is 1. The Bertz CT molecular complexity index is 1150. The lowest BCUT2D eigenvalue weighted by molar-refractivity contribution is -0.138. The number of esters is 1. The van der Waals surface area contributed by atoms with Crippen LogP contribution in [0.2, 0.25) is 0 Å². The lowest BCUT2D eigenvalue weighted by Gasteiger charge is -2.19. The smallest absolute Gasteiger partial charge is 0.338 e. The molecule has 0 aromatic heterocycles. The summed E-state index contributed by atoms with van der Waals surface area (Å²) in [4.78, 5) is 24.2. The predicted octanol–water partition coefficient (Wildman–Crippen LogP) is 5.65. The lowest BCUT2D eigenvalue weighted by atomic mass is 9.90. The van der Waals surface area contributed by atoms with E-state index in [0.29, 0.717) is 12.0 Å². The number of ether oxygens (including phenoxy) is 2. The number of carbonyl (C=O) groups is 2. The highest BCUT2D eigenvalue weighted by Crippen LogP contribution is 2.31. The van der Waals surface area contributed by atoms with Crippen molar-refractivity contribution in [2.75, 3.05) is 6.61 Å². The maximum atomic E-state index is 12.2. The summed E-state index contributed by atoms with van der Waals surface area (Å²) in [5.74, 6) is -1.01. The van der Waals surface area contributed by atoms with E-state index < -0.39 is 23.5 Å². The highest BCUT2D eigenvalue weighted by Gasteiger charge is 2.22. The number of carboxylic acids is 1. The minimum absolute atomic E-state index is 0.333. The lowest BCUT2D eigenvalue weighted by Crippen LogP contribution is -2.23. The van der Waals surface area contributed by atoms with Crippen molar-refractivity contribution in [2.45, 2.75) is 45.1 Å². The minimum atomic E-state index is -0.881. The van der Waals surface area contributed by atoms with Crippen molar-refractivity contribution in [1.82, 2.24) is 0 Å². The molecule has 3 aromatic rings. The minimum Gasteiger partial charge on any atom is -0.493 e. The fourth-order valence-corrected chi connectivity index (χ4v) is 3.97. The summed E-state index contributed by atoms with van der Waals surface area (Å²) >= 11 is 0. The van der Waals surface area contributed by atoms with Crippen LogP contribution in [0.15, 0.2) is 66.7 Å². The second-order valence-electron chi connectivity index (χ2n) is 9.34. The zero-order chi connectivity index (χ0) is 23.6. The number of rotatable bonds is 6. The zero-order valence-corrected chi connectivity index (χ0v) is 19.1. The van der Waals surface area contributed by atoms with Gasteiger partial charge in [-0.2, -0.15) is 0 Å². The van der Waals surface area contributed by atoms with Crippen molar-refractivity contribution in [1.29, 1.82) is 0 Å². The summed E-state index contributed by atoms with van der Waals surface area (Å²) in [5.41, 5.74) is 4.81. The van der Waals surface area contributed by atoms with Crippen molar-refractivity contribution in [3.63, 3.8) is 0 Å². The number of benzene rings is 3. The fraction of sp³-hybridized carbons (Fsp3) is 0.286. The maximum absolute atomic E-state index is 12.2. The van der Waals surface area contributed by atoms with Gasteiger partial charge in [-0.1, -0.05) is 42.5 Å². The number of aliphatic carboxylic acids is 1. The summed E-state index contributed by atoms with van der Waals surface area (Å²) in [7, 11) is 0. The molecular weight excluding hydrogens is 416 g/mol. The molecule has 0 aliphatic carbocycles. The molecule has 170 valence electrons. The molecule has 0 fully saturated rings. The van der Waals surface area contributed by atoms with Crippen LogP contribution in [-0.2, 0) is 22.4 Å². The van der Waals surface area contributed by atoms with Gasteiger partial charge in [0, 0.05) is 6.42 Å². The molecule has 1 unspecified atom stereocenters. The van der Waals surface area contributed by atoms with Crippen LogP contribution < -0.4 is 4.74 Å². The van der Waals surface area contributed by atoms with Gasteiger partial charge < -0.3 is 14.6 Å². The molecule has 0 saturated heterocycles. The molecule has 33 heavy (non-hydrogen) atoms. The van der Waals surface area contributed by atoms with E-state index in [1.54, 1.807) is 24.3 Å². The SMILES string of the molecule is CC(C)(C)OC(=O)c1ccc(CC(C(=O)O)c2ccc(-c3ccc4c(c3)CCO4)cc2)cc1. The molecule has 0 spiro atoms. The Labute approximate surface area is 194 Å². The molecule has 5 heteroatoms. The Morgan fingerprint density at radius 1 is 0.970 bits per heavy atom. The van der Waals surface area contributed by atoms with Gasteiger partial charge in [-0.25, -0.2) is 4.79 Å². The maximum Gasteiger partial charge on any atom is 0.338 e. The molecule has 0 saturated carbocycles. The van der Waals surface area contributed by atoms with Crippen LogP contribution >= 0.6 is 0 Å². The van der Waals surface area contributed by atoms with Gasteiger partial charge in [0.1, 0.15) is 11.4 Å². The number of carbonyl (C=O) groups excluding carboxylic acids is 1. The van der Waals surface area contributed by atoms with Crippen LogP contribution in [0.5, 0.6) is 5.75 Å². The third-order valence-electron chi connectivity index (χ3n) is 5.66. The van der Waals surface area contributed by atoms with E-state index in [9.17, 15) is 14.7 Å². The van der Waals surface area contributed by atoms with Crippen molar-refractivity contribution < 1.29 is 24.2 Å². The van der Waals surface area contributed by atoms with Crippen molar-refractivity contribution in [3.05, 3.63) is 89.0 Å². The van der Waals surface area contributed by atoms with Gasteiger partial charge >= 0.3 is 11.9 Å². The molecule has 0 bridgehead atoms. The zero-order valence-electron chi connectivity index (χ0n) is 19.1. The summed E-state index contributed by atoms with van der Waals surface area (Å²) in [6.07, 6.45) is 1.24. The van der Waals surface area contributed by atoms with Gasteiger partial charge in [0.25, 0.3) is 0 Å². The normalized spacial score (nSPS) is 13.7. The molecule has 3 aromatic carbocycles.